The molecule has 0 radical (unpaired) electrons. The molecule has 0 aliphatic carbocycles. The number of nitrogens with zero attached hydrogens (tertiary/aromatic N) is 3. The lowest BCUT2D eigenvalue weighted by Crippen LogP contribution is -2.25. The van der Waals surface area contributed by atoms with Crippen LogP contribution in [-0.4, -0.2) is 21.4 Å². The Kier molecular flexibility index (Phi) is 8.95. The number of rotatable bonds is 9. The second-order valence-electron chi connectivity index (χ2n) is 11.7. The lowest BCUT2D eigenvalue weighted by atomic mass is 10.0. The number of aryl methyl sites for hydroxylation is 4. The van der Waals surface area contributed by atoms with Crippen LogP contribution in [0.25, 0.3) is 21.8 Å². The molecule has 2 aromatic heterocycles. The summed E-state index contributed by atoms with van der Waals surface area (Å²) >= 11 is 12.8. The summed E-state index contributed by atoms with van der Waals surface area (Å²) in [7, 11) is 0. The Bertz CT molecular complexity index is 1890. The van der Waals surface area contributed by atoms with Crippen LogP contribution in [0.1, 0.15) is 40.6 Å². The van der Waals surface area contributed by atoms with Gasteiger partial charge in [-0.3, -0.25) is 14.9 Å². The Labute approximate surface area is 275 Å². The minimum absolute atomic E-state index is 0.692. The smallest absolute Gasteiger partial charge is 0.0726 e. The van der Waals surface area contributed by atoms with Crippen molar-refractivity contribution in [3.05, 3.63) is 129 Å². The molecule has 0 unspecified atom stereocenters. The minimum atomic E-state index is 0.692. The summed E-state index contributed by atoms with van der Waals surface area (Å²) in [5, 5.41) is 11.0. The molecule has 2 heterocycles. The molecular weight excluding hydrogens is 597 g/mol. The number of nitrogens with one attached hydrogen (secondary N) is 2. The van der Waals surface area contributed by atoms with Crippen LogP contribution in [0.4, 0.5) is 22.7 Å². The molecule has 6 rings (SSSR count). The van der Waals surface area contributed by atoms with Crippen molar-refractivity contribution in [3.63, 3.8) is 0 Å². The zero-order chi connectivity index (χ0) is 31.7. The first-order chi connectivity index (χ1) is 21.7. The van der Waals surface area contributed by atoms with E-state index in [0.29, 0.717) is 23.1 Å². The van der Waals surface area contributed by atoms with E-state index in [0.717, 1.165) is 73.6 Å². The number of halogens is 2. The van der Waals surface area contributed by atoms with Crippen molar-refractivity contribution in [2.45, 2.75) is 47.7 Å². The molecule has 6 aromatic rings. The fourth-order valence-electron chi connectivity index (χ4n) is 5.90. The third-order valence-corrected chi connectivity index (χ3v) is 8.76. The monoisotopic (exact) mass is 633 g/mol. The molecule has 45 heavy (non-hydrogen) atoms. The van der Waals surface area contributed by atoms with Gasteiger partial charge in [-0.15, -0.1) is 0 Å². The Morgan fingerprint density at radius 3 is 1.44 bits per heavy atom. The van der Waals surface area contributed by atoms with E-state index in [4.69, 9.17) is 33.2 Å². The van der Waals surface area contributed by atoms with Gasteiger partial charge in [0.1, 0.15) is 0 Å². The number of benzene rings is 4. The van der Waals surface area contributed by atoms with Gasteiger partial charge in [-0.2, -0.15) is 0 Å². The normalized spacial score (nSPS) is 11.5. The molecular formula is C38H37Cl2N5. The van der Waals surface area contributed by atoms with Crippen LogP contribution in [0.5, 0.6) is 0 Å². The number of hydrogen-bond acceptors (Lipinski definition) is 5. The molecule has 0 fully saturated rings. The highest BCUT2D eigenvalue weighted by molar-refractivity contribution is 6.31. The molecule has 0 spiro atoms. The Morgan fingerprint density at radius 1 is 0.600 bits per heavy atom. The highest BCUT2D eigenvalue weighted by atomic mass is 35.5. The van der Waals surface area contributed by atoms with Crippen LogP contribution in [0.15, 0.2) is 84.9 Å². The molecule has 0 bridgehead atoms. The maximum absolute atomic E-state index is 6.39. The van der Waals surface area contributed by atoms with Crippen LogP contribution < -0.4 is 10.6 Å². The summed E-state index contributed by atoms with van der Waals surface area (Å²) in [4.78, 5) is 12.5. The van der Waals surface area contributed by atoms with E-state index < -0.39 is 0 Å². The van der Waals surface area contributed by atoms with Crippen LogP contribution in [0.3, 0.4) is 0 Å². The summed E-state index contributed by atoms with van der Waals surface area (Å²) in [6, 6.07) is 28.6. The quantitative estimate of drug-likeness (QED) is 0.166. The van der Waals surface area contributed by atoms with Crippen molar-refractivity contribution in [1.82, 2.24) is 14.9 Å². The van der Waals surface area contributed by atoms with Gasteiger partial charge in [0.05, 0.1) is 22.4 Å². The Balaban J connectivity index is 1.44. The topological polar surface area (TPSA) is 53.1 Å². The fraction of sp³-hybridized carbons (Fsp3) is 0.211. The molecule has 7 heteroatoms. The van der Waals surface area contributed by atoms with E-state index in [9.17, 15) is 0 Å². The summed E-state index contributed by atoms with van der Waals surface area (Å²) in [6.07, 6.45) is 0. The van der Waals surface area contributed by atoms with Crippen molar-refractivity contribution in [2.24, 2.45) is 0 Å². The first kappa shape index (κ1) is 30.8. The molecule has 2 N–H and O–H groups in total. The summed E-state index contributed by atoms with van der Waals surface area (Å²) < 4.78 is 0. The molecule has 4 aromatic carbocycles. The minimum Gasteiger partial charge on any atom is -0.355 e. The van der Waals surface area contributed by atoms with E-state index >= 15 is 0 Å². The third-order valence-electron chi connectivity index (χ3n) is 8.29. The van der Waals surface area contributed by atoms with Crippen molar-refractivity contribution < 1.29 is 0 Å². The van der Waals surface area contributed by atoms with Crippen LogP contribution >= 0.6 is 23.2 Å². The number of pyridine rings is 2. The molecule has 0 saturated carbocycles. The van der Waals surface area contributed by atoms with E-state index in [1.54, 1.807) is 0 Å². The second kappa shape index (κ2) is 13.1. The summed E-state index contributed by atoms with van der Waals surface area (Å²) in [5.41, 5.74) is 12.6. The first-order valence-corrected chi connectivity index (χ1v) is 16.0. The van der Waals surface area contributed by atoms with Gasteiger partial charge >= 0.3 is 0 Å². The zero-order valence-electron chi connectivity index (χ0n) is 26.3. The second-order valence-corrected chi connectivity index (χ2v) is 12.6. The SMILES string of the molecule is CCN(Cc1c(C)nc2ccc(C)cc2c1Nc1cccc(Cl)c1)Cc1c(C)nc2ccc(C)cc2c1Nc1cccc(Cl)c1. The van der Waals surface area contributed by atoms with Gasteiger partial charge in [-0.05, 0) is 94.9 Å². The lowest BCUT2D eigenvalue weighted by Gasteiger charge is -2.27. The fourth-order valence-corrected chi connectivity index (χ4v) is 6.28. The molecule has 0 amide bonds. The largest absolute Gasteiger partial charge is 0.355 e. The van der Waals surface area contributed by atoms with Crippen molar-refractivity contribution in [2.75, 3.05) is 17.2 Å². The van der Waals surface area contributed by atoms with Crippen LogP contribution in [0.2, 0.25) is 10.0 Å². The van der Waals surface area contributed by atoms with E-state index in [-0.39, 0.29) is 0 Å². The highest BCUT2D eigenvalue weighted by Crippen LogP contribution is 2.36. The van der Waals surface area contributed by atoms with Crippen molar-refractivity contribution >= 4 is 67.8 Å². The van der Waals surface area contributed by atoms with Gasteiger partial charge in [0.2, 0.25) is 0 Å². The van der Waals surface area contributed by atoms with Gasteiger partial charge < -0.3 is 10.6 Å². The molecule has 228 valence electrons. The number of aromatic nitrogens is 2. The average molecular weight is 635 g/mol. The standard InChI is InChI=1S/C38H37Cl2N5/c1-6-45(21-33-25(4)41-35-15-13-23(2)17-31(35)37(33)43-29-11-7-9-27(39)19-29)22-34-26(5)42-36-16-14-24(3)18-32(36)38(34)44-30-12-8-10-28(40)20-30/h7-20H,6,21-22H2,1-5H3,(H,41,43)(H,42,44). The highest BCUT2D eigenvalue weighted by Gasteiger charge is 2.20. The number of hydrogen-bond donors (Lipinski definition) is 2. The third kappa shape index (κ3) is 6.76. The maximum atomic E-state index is 6.39. The van der Waals surface area contributed by atoms with Gasteiger partial charge in [0, 0.05) is 67.8 Å². The van der Waals surface area contributed by atoms with Gasteiger partial charge in [0.15, 0.2) is 0 Å². The molecule has 0 saturated heterocycles. The van der Waals surface area contributed by atoms with Crippen LogP contribution in [0, 0.1) is 27.7 Å². The van der Waals surface area contributed by atoms with Crippen molar-refractivity contribution in [1.29, 1.82) is 0 Å². The van der Waals surface area contributed by atoms with E-state index in [1.165, 1.54) is 11.1 Å². The van der Waals surface area contributed by atoms with Gasteiger partial charge in [-0.1, -0.05) is 65.5 Å². The molecule has 0 aliphatic rings. The molecule has 0 atom stereocenters. The summed E-state index contributed by atoms with van der Waals surface area (Å²) in [5.74, 6) is 0. The van der Waals surface area contributed by atoms with E-state index in [2.05, 4.69) is 86.6 Å². The van der Waals surface area contributed by atoms with Crippen LogP contribution in [-0.2, 0) is 13.1 Å². The van der Waals surface area contributed by atoms with Crippen molar-refractivity contribution in [3.8, 4) is 0 Å². The average Bonchev–Trinajstić information content (AvgIpc) is 3.00. The first-order valence-electron chi connectivity index (χ1n) is 15.3. The zero-order valence-corrected chi connectivity index (χ0v) is 27.8. The predicted octanol–water partition coefficient (Wildman–Crippen LogP) is 10.8. The van der Waals surface area contributed by atoms with Gasteiger partial charge in [0.25, 0.3) is 0 Å². The number of anilines is 4. The number of fused-ring (bicyclic) bond motifs is 2. The predicted molar refractivity (Wildman–Crippen MR) is 192 cm³/mol. The van der Waals surface area contributed by atoms with E-state index in [1.807, 2.05) is 48.5 Å². The molecule has 5 nitrogen and oxygen atoms in total. The lowest BCUT2D eigenvalue weighted by molar-refractivity contribution is 0.271. The maximum Gasteiger partial charge on any atom is 0.0726 e. The Hall–Kier alpha value is -4.16. The summed E-state index contributed by atoms with van der Waals surface area (Å²) in [6.45, 7) is 12.9. The van der Waals surface area contributed by atoms with Gasteiger partial charge in [-0.25, -0.2) is 0 Å². The Morgan fingerprint density at radius 2 is 1.04 bits per heavy atom. The molecule has 0 aliphatic heterocycles.